The van der Waals surface area contributed by atoms with Crippen LogP contribution in [-0.4, -0.2) is 35.0 Å². The van der Waals surface area contributed by atoms with Crippen LogP contribution in [0.4, 0.5) is 5.95 Å². The number of aryl methyl sites for hydroxylation is 1. The van der Waals surface area contributed by atoms with E-state index >= 15 is 0 Å². The molecule has 1 saturated carbocycles. The SMILES string of the molecule is Cc1ccnc(N2CCC[C@H](C(=O)N[C@@H]3CCCC[C@@H]3C)C2)n1. The summed E-state index contributed by atoms with van der Waals surface area (Å²) in [6, 6.07) is 2.27. The summed E-state index contributed by atoms with van der Waals surface area (Å²) in [5.74, 6) is 1.64. The molecule has 1 aromatic heterocycles. The molecule has 0 radical (unpaired) electrons. The van der Waals surface area contributed by atoms with Crippen molar-refractivity contribution in [3.05, 3.63) is 18.0 Å². The lowest BCUT2D eigenvalue weighted by Gasteiger charge is -2.35. The highest BCUT2D eigenvalue weighted by molar-refractivity contribution is 5.79. The third kappa shape index (κ3) is 4.01. The van der Waals surface area contributed by atoms with Crippen molar-refractivity contribution in [3.63, 3.8) is 0 Å². The summed E-state index contributed by atoms with van der Waals surface area (Å²) in [7, 11) is 0. The molecule has 3 rings (SSSR count). The maximum Gasteiger partial charge on any atom is 0.225 e. The van der Waals surface area contributed by atoms with E-state index in [1.165, 1.54) is 19.3 Å². The molecule has 1 aliphatic carbocycles. The first kappa shape index (κ1) is 16.2. The summed E-state index contributed by atoms with van der Waals surface area (Å²) in [4.78, 5) is 23.7. The fourth-order valence-electron chi connectivity index (χ4n) is 3.79. The summed E-state index contributed by atoms with van der Waals surface area (Å²) in [6.45, 7) is 5.91. The van der Waals surface area contributed by atoms with E-state index in [0.29, 0.717) is 12.0 Å². The zero-order chi connectivity index (χ0) is 16.2. The van der Waals surface area contributed by atoms with Crippen molar-refractivity contribution in [2.75, 3.05) is 18.0 Å². The van der Waals surface area contributed by atoms with Gasteiger partial charge < -0.3 is 10.2 Å². The smallest absolute Gasteiger partial charge is 0.225 e. The minimum absolute atomic E-state index is 0.0574. The number of rotatable bonds is 3. The highest BCUT2D eigenvalue weighted by Crippen LogP contribution is 2.25. The summed E-state index contributed by atoms with van der Waals surface area (Å²) < 4.78 is 0. The summed E-state index contributed by atoms with van der Waals surface area (Å²) in [5.41, 5.74) is 0.970. The molecular formula is C18H28N4O. The van der Waals surface area contributed by atoms with E-state index in [2.05, 4.69) is 27.1 Å². The van der Waals surface area contributed by atoms with E-state index in [-0.39, 0.29) is 11.8 Å². The van der Waals surface area contributed by atoms with Crippen LogP contribution in [0.2, 0.25) is 0 Å². The van der Waals surface area contributed by atoms with Crippen LogP contribution >= 0.6 is 0 Å². The van der Waals surface area contributed by atoms with Gasteiger partial charge in [0, 0.05) is 31.0 Å². The molecule has 2 aliphatic rings. The van der Waals surface area contributed by atoms with Crippen LogP contribution in [0.15, 0.2) is 12.3 Å². The fraction of sp³-hybridized carbons (Fsp3) is 0.722. The van der Waals surface area contributed by atoms with Gasteiger partial charge in [-0.25, -0.2) is 9.97 Å². The Kier molecular flexibility index (Phi) is 5.13. The molecule has 3 atom stereocenters. The number of hydrogen-bond acceptors (Lipinski definition) is 4. The van der Waals surface area contributed by atoms with Gasteiger partial charge in [0.15, 0.2) is 0 Å². The molecular weight excluding hydrogens is 288 g/mol. The van der Waals surface area contributed by atoms with E-state index in [1.54, 1.807) is 6.20 Å². The molecule has 23 heavy (non-hydrogen) atoms. The third-order valence-electron chi connectivity index (χ3n) is 5.30. The van der Waals surface area contributed by atoms with E-state index < -0.39 is 0 Å². The van der Waals surface area contributed by atoms with Gasteiger partial charge in [-0.05, 0) is 44.6 Å². The number of nitrogens with zero attached hydrogens (tertiary/aromatic N) is 3. The maximum absolute atomic E-state index is 12.7. The highest BCUT2D eigenvalue weighted by atomic mass is 16.2. The van der Waals surface area contributed by atoms with Crippen LogP contribution in [0.5, 0.6) is 0 Å². The van der Waals surface area contributed by atoms with Crippen LogP contribution in [-0.2, 0) is 4.79 Å². The molecule has 1 aromatic rings. The third-order valence-corrected chi connectivity index (χ3v) is 5.30. The molecule has 1 N–H and O–H groups in total. The second-order valence-electron chi connectivity index (χ2n) is 7.16. The summed E-state index contributed by atoms with van der Waals surface area (Å²) >= 11 is 0. The zero-order valence-corrected chi connectivity index (χ0v) is 14.3. The minimum atomic E-state index is 0.0574. The predicted octanol–water partition coefficient (Wildman–Crippen LogP) is 2.70. The fourth-order valence-corrected chi connectivity index (χ4v) is 3.79. The first-order chi connectivity index (χ1) is 11.1. The van der Waals surface area contributed by atoms with Crippen LogP contribution in [0.1, 0.15) is 51.1 Å². The Hall–Kier alpha value is -1.65. The lowest BCUT2D eigenvalue weighted by atomic mass is 9.85. The van der Waals surface area contributed by atoms with Crippen molar-refractivity contribution >= 4 is 11.9 Å². The van der Waals surface area contributed by atoms with Gasteiger partial charge in [-0.3, -0.25) is 4.79 Å². The maximum atomic E-state index is 12.7. The highest BCUT2D eigenvalue weighted by Gasteiger charge is 2.30. The quantitative estimate of drug-likeness (QED) is 0.931. The summed E-state index contributed by atoms with van der Waals surface area (Å²) in [6.07, 6.45) is 8.69. The van der Waals surface area contributed by atoms with Gasteiger partial charge in [0.25, 0.3) is 0 Å². The number of anilines is 1. The topological polar surface area (TPSA) is 58.1 Å². The second kappa shape index (κ2) is 7.28. The average molecular weight is 316 g/mol. The molecule has 1 aliphatic heterocycles. The lowest BCUT2D eigenvalue weighted by molar-refractivity contribution is -0.126. The van der Waals surface area contributed by atoms with E-state index in [4.69, 9.17) is 0 Å². The van der Waals surface area contributed by atoms with Crippen molar-refractivity contribution in [1.82, 2.24) is 15.3 Å². The van der Waals surface area contributed by atoms with Crippen molar-refractivity contribution in [2.24, 2.45) is 11.8 Å². The molecule has 1 amide bonds. The minimum Gasteiger partial charge on any atom is -0.353 e. The Morgan fingerprint density at radius 3 is 2.87 bits per heavy atom. The van der Waals surface area contributed by atoms with Gasteiger partial charge in [0.1, 0.15) is 0 Å². The van der Waals surface area contributed by atoms with Crippen LogP contribution in [0.25, 0.3) is 0 Å². The molecule has 5 nitrogen and oxygen atoms in total. The number of aromatic nitrogens is 2. The Bertz CT molecular complexity index is 548. The van der Waals surface area contributed by atoms with Gasteiger partial charge in [0.2, 0.25) is 11.9 Å². The molecule has 2 heterocycles. The Balaban J connectivity index is 1.60. The Morgan fingerprint density at radius 1 is 1.26 bits per heavy atom. The van der Waals surface area contributed by atoms with Crippen molar-refractivity contribution < 1.29 is 4.79 Å². The van der Waals surface area contributed by atoms with Gasteiger partial charge in [0.05, 0.1) is 5.92 Å². The molecule has 0 spiro atoms. The van der Waals surface area contributed by atoms with Gasteiger partial charge >= 0.3 is 0 Å². The molecule has 1 saturated heterocycles. The van der Waals surface area contributed by atoms with Crippen molar-refractivity contribution in [2.45, 2.75) is 58.4 Å². The molecule has 2 fully saturated rings. The number of hydrogen-bond donors (Lipinski definition) is 1. The predicted molar refractivity (Wildman–Crippen MR) is 91.3 cm³/mol. The number of amides is 1. The van der Waals surface area contributed by atoms with Crippen molar-refractivity contribution in [3.8, 4) is 0 Å². The first-order valence-corrected chi connectivity index (χ1v) is 8.98. The summed E-state index contributed by atoms with van der Waals surface area (Å²) in [5, 5.41) is 3.32. The standard InChI is InChI=1S/C18H28N4O/c1-13-6-3-4-8-16(13)21-17(23)15-7-5-11-22(12-15)18-19-10-9-14(2)20-18/h9-10,13,15-16H,3-8,11-12H2,1-2H3,(H,21,23)/t13-,15-,16+/m0/s1. The van der Waals surface area contributed by atoms with Gasteiger partial charge in [-0.2, -0.15) is 0 Å². The Labute approximate surface area is 138 Å². The molecule has 126 valence electrons. The number of carbonyl (C=O) groups excluding carboxylic acids is 1. The van der Waals surface area contributed by atoms with Crippen LogP contribution < -0.4 is 10.2 Å². The molecule has 0 aromatic carbocycles. The van der Waals surface area contributed by atoms with Crippen LogP contribution in [0.3, 0.4) is 0 Å². The zero-order valence-electron chi connectivity index (χ0n) is 14.3. The normalized spacial score (nSPS) is 28.4. The monoisotopic (exact) mass is 316 g/mol. The van der Waals surface area contributed by atoms with Crippen LogP contribution in [0, 0.1) is 18.8 Å². The lowest BCUT2D eigenvalue weighted by Crippen LogP contribution is -2.48. The number of carbonyl (C=O) groups is 1. The molecule has 5 heteroatoms. The number of nitrogens with one attached hydrogen (secondary N) is 1. The largest absolute Gasteiger partial charge is 0.353 e. The van der Waals surface area contributed by atoms with E-state index in [9.17, 15) is 4.79 Å². The van der Waals surface area contributed by atoms with Gasteiger partial charge in [-0.1, -0.05) is 19.8 Å². The second-order valence-corrected chi connectivity index (χ2v) is 7.16. The molecule has 0 unspecified atom stereocenters. The Morgan fingerprint density at radius 2 is 2.09 bits per heavy atom. The first-order valence-electron chi connectivity index (χ1n) is 8.98. The van der Waals surface area contributed by atoms with E-state index in [1.807, 2.05) is 13.0 Å². The molecule has 0 bridgehead atoms. The van der Waals surface area contributed by atoms with E-state index in [0.717, 1.165) is 44.0 Å². The average Bonchev–Trinajstić information content (AvgIpc) is 2.57. The van der Waals surface area contributed by atoms with Gasteiger partial charge in [-0.15, -0.1) is 0 Å². The van der Waals surface area contributed by atoms with Crippen molar-refractivity contribution in [1.29, 1.82) is 0 Å². The number of piperidine rings is 1.